The number of ether oxygens (including phenoxy) is 3. The van der Waals surface area contributed by atoms with Crippen LogP contribution in [-0.4, -0.2) is 25.9 Å². The van der Waals surface area contributed by atoms with Gasteiger partial charge in [0.25, 0.3) is 6.29 Å². The second-order valence-corrected chi connectivity index (χ2v) is 2.61. The zero-order valence-electron chi connectivity index (χ0n) is 8.42. The molecule has 0 amide bonds. The van der Waals surface area contributed by atoms with Gasteiger partial charge in [-0.1, -0.05) is 0 Å². The molecule has 0 fully saturated rings. The Morgan fingerprint density at radius 1 is 1.17 bits per heavy atom. The van der Waals surface area contributed by atoms with Crippen molar-refractivity contribution in [2.45, 2.75) is 33.8 Å². The topological polar surface area (TPSA) is 27.7 Å². The highest BCUT2D eigenvalue weighted by molar-refractivity contribution is 4.64. The van der Waals surface area contributed by atoms with E-state index < -0.39 is 0 Å². The number of hydrogen-bond donors (Lipinski definition) is 0. The Hall–Kier alpha value is -0.120. The van der Waals surface area contributed by atoms with Crippen LogP contribution < -0.4 is 0 Å². The predicted molar refractivity (Wildman–Crippen MR) is 47.6 cm³/mol. The van der Waals surface area contributed by atoms with E-state index in [0.29, 0.717) is 26.1 Å². The molecule has 0 N–H and O–H groups in total. The Morgan fingerprint density at radius 2 is 1.83 bits per heavy atom. The lowest BCUT2D eigenvalue weighted by Crippen LogP contribution is -2.18. The minimum absolute atomic E-state index is 0.145. The maximum atomic E-state index is 5.36. The first kappa shape index (κ1) is 11.9. The van der Waals surface area contributed by atoms with Crippen LogP contribution in [0.1, 0.15) is 27.7 Å². The summed E-state index contributed by atoms with van der Waals surface area (Å²) in [5, 5.41) is 0. The van der Waals surface area contributed by atoms with E-state index in [1.807, 2.05) is 27.7 Å². The molecule has 0 saturated carbocycles. The van der Waals surface area contributed by atoms with Crippen LogP contribution in [0.15, 0.2) is 0 Å². The molecule has 0 unspecified atom stereocenters. The predicted octanol–water partition coefficient (Wildman–Crippen LogP) is 1.97. The molecule has 0 atom stereocenters. The summed E-state index contributed by atoms with van der Waals surface area (Å²) in [6, 6.07) is 0. The first-order valence-corrected chi connectivity index (χ1v) is 4.43. The SMILES string of the molecule is CCOC[C](OCC)OC(C)C. The van der Waals surface area contributed by atoms with E-state index in [-0.39, 0.29) is 6.10 Å². The van der Waals surface area contributed by atoms with Crippen LogP contribution in [0.4, 0.5) is 0 Å². The third-order valence-corrected chi connectivity index (χ3v) is 1.10. The third kappa shape index (κ3) is 6.58. The summed E-state index contributed by atoms with van der Waals surface area (Å²) in [6.07, 6.45) is 0.723. The molecule has 0 saturated heterocycles. The molecule has 0 aromatic rings. The standard InChI is InChI=1S/C9H19O3/c1-5-10-7-9(11-6-2)12-8(3)4/h8H,5-7H2,1-4H3. The monoisotopic (exact) mass is 175 g/mol. The summed E-state index contributed by atoms with van der Waals surface area (Å²) in [7, 11) is 0. The molecule has 0 aromatic heterocycles. The Labute approximate surface area is 75.0 Å². The average Bonchev–Trinajstić information content (AvgIpc) is 2.00. The maximum absolute atomic E-state index is 5.36. The van der Waals surface area contributed by atoms with E-state index in [1.54, 1.807) is 0 Å². The molecule has 3 heteroatoms. The maximum Gasteiger partial charge on any atom is 0.250 e. The van der Waals surface area contributed by atoms with Crippen molar-refractivity contribution in [1.29, 1.82) is 0 Å². The van der Waals surface area contributed by atoms with Crippen LogP contribution in [0.5, 0.6) is 0 Å². The van der Waals surface area contributed by atoms with Crippen LogP contribution in [0.25, 0.3) is 0 Å². The van der Waals surface area contributed by atoms with Gasteiger partial charge in [-0.15, -0.1) is 0 Å². The lowest BCUT2D eigenvalue weighted by atomic mass is 10.5. The zero-order valence-corrected chi connectivity index (χ0v) is 8.42. The van der Waals surface area contributed by atoms with Crippen LogP contribution in [0, 0.1) is 6.29 Å². The van der Waals surface area contributed by atoms with E-state index in [4.69, 9.17) is 14.2 Å². The van der Waals surface area contributed by atoms with Gasteiger partial charge in [0.1, 0.15) is 6.61 Å². The van der Waals surface area contributed by atoms with Gasteiger partial charge >= 0.3 is 0 Å². The van der Waals surface area contributed by atoms with Crippen molar-refractivity contribution < 1.29 is 14.2 Å². The Kier molecular flexibility index (Phi) is 7.45. The van der Waals surface area contributed by atoms with Crippen molar-refractivity contribution in [3.8, 4) is 0 Å². The quantitative estimate of drug-likeness (QED) is 0.592. The summed E-state index contributed by atoms with van der Waals surface area (Å²) < 4.78 is 15.7. The van der Waals surface area contributed by atoms with E-state index in [1.165, 1.54) is 0 Å². The van der Waals surface area contributed by atoms with Crippen molar-refractivity contribution >= 4 is 0 Å². The molecule has 0 spiro atoms. The van der Waals surface area contributed by atoms with Gasteiger partial charge in [0.15, 0.2) is 0 Å². The lowest BCUT2D eigenvalue weighted by Gasteiger charge is -2.17. The second-order valence-electron chi connectivity index (χ2n) is 2.61. The van der Waals surface area contributed by atoms with Crippen molar-refractivity contribution in [1.82, 2.24) is 0 Å². The van der Waals surface area contributed by atoms with Gasteiger partial charge in [-0.25, -0.2) is 0 Å². The van der Waals surface area contributed by atoms with E-state index in [2.05, 4.69) is 0 Å². The second kappa shape index (κ2) is 7.53. The van der Waals surface area contributed by atoms with Crippen molar-refractivity contribution in [3.05, 3.63) is 6.29 Å². The minimum Gasteiger partial charge on any atom is -0.376 e. The molecule has 3 nitrogen and oxygen atoms in total. The highest BCUT2D eigenvalue weighted by atomic mass is 16.7. The average molecular weight is 175 g/mol. The van der Waals surface area contributed by atoms with E-state index in [0.717, 1.165) is 0 Å². The van der Waals surface area contributed by atoms with Crippen molar-refractivity contribution in [3.63, 3.8) is 0 Å². The van der Waals surface area contributed by atoms with Crippen LogP contribution in [0.3, 0.4) is 0 Å². The van der Waals surface area contributed by atoms with Crippen LogP contribution in [0.2, 0.25) is 0 Å². The summed E-state index contributed by atoms with van der Waals surface area (Å²) in [5.74, 6) is 0. The Balaban J connectivity index is 3.54. The Bertz CT molecular complexity index is 93.8. The zero-order chi connectivity index (χ0) is 9.40. The normalized spacial score (nSPS) is 11.5. The lowest BCUT2D eigenvalue weighted by molar-refractivity contribution is -0.0995. The van der Waals surface area contributed by atoms with Crippen LogP contribution >= 0.6 is 0 Å². The molecule has 0 heterocycles. The van der Waals surface area contributed by atoms with Gasteiger partial charge < -0.3 is 14.2 Å². The van der Waals surface area contributed by atoms with E-state index >= 15 is 0 Å². The highest BCUT2D eigenvalue weighted by Crippen LogP contribution is 2.08. The minimum atomic E-state index is 0.145. The fraction of sp³-hybridized carbons (Fsp3) is 0.889. The van der Waals surface area contributed by atoms with E-state index in [9.17, 15) is 0 Å². The highest BCUT2D eigenvalue weighted by Gasteiger charge is 2.12. The Morgan fingerprint density at radius 3 is 2.25 bits per heavy atom. The molecule has 1 radical (unpaired) electrons. The molecule has 12 heavy (non-hydrogen) atoms. The molecule has 0 aliphatic rings. The molecule has 0 bridgehead atoms. The van der Waals surface area contributed by atoms with Crippen molar-refractivity contribution in [2.75, 3.05) is 19.8 Å². The summed E-state index contributed by atoms with van der Waals surface area (Å²) >= 11 is 0. The molecule has 0 aromatic carbocycles. The third-order valence-electron chi connectivity index (χ3n) is 1.10. The summed E-state index contributed by atoms with van der Waals surface area (Å²) in [6.45, 7) is 9.53. The first-order chi connectivity index (χ1) is 5.70. The van der Waals surface area contributed by atoms with Crippen LogP contribution in [-0.2, 0) is 14.2 Å². The first-order valence-electron chi connectivity index (χ1n) is 4.43. The van der Waals surface area contributed by atoms with Gasteiger partial charge in [0.05, 0.1) is 6.10 Å². The molecular formula is C9H19O3. The van der Waals surface area contributed by atoms with Gasteiger partial charge in [-0.05, 0) is 27.7 Å². The van der Waals surface area contributed by atoms with Gasteiger partial charge in [-0.3, -0.25) is 0 Å². The van der Waals surface area contributed by atoms with Gasteiger partial charge in [0.2, 0.25) is 0 Å². The van der Waals surface area contributed by atoms with Gasteiger partial charge in [-0.2, -0.15) is 0 Å². The number of hydrogen-bond acceptors (Lipinski definition) is 3. The largest absolute Gasteiger partial charge is 0.376 e. The summed E-state index contributed by atoms with van der Waals surface area (Å²) in [5.41, 5.74) is 0. The molecule has 73 valence electrons. The fourth-order valence-electron chi connectivity index (χ4n) is 0.719. The molecule has 0 aliphatic carbocycles. The summed E-state index contributed by atoms with van der Waals surface area (Å²) in [4.78, 5) is 0. The van der Waals surface area contributed by atoms with Crippen molar-refractivity contribution in [2.24, 2.45) is 0 Å². The van der Waals surface area contributed by atoms with Gasteiger partial charge in [0, 0.05) is 13.2 Å². The number of rotatable bonds is 7. The fourth-order valence-corrected chi connectivity index (χ4v) is 0.719. The molecular weight excluding hydrogens is 156 g/mol. The molecule has 0 aliphatic heterocycles. The smallest absolute Gasteiger partial charge is 0.250 e. The molecule has 0 rings (SSSR count).